The maximum atomic E-state index is 13.2. The van der Waals surface area contributed by atoms with Gasteiger partial charge in [-0.2, -0.15) is 0 Å². The van der Waals surface area contributed by atoms with Gasteiger partial charge in [-0.3, -0.25) is 9.29 Å². The van der Waals surface area contributed by atoms with E-state index in [-0.39, 0.29) is 24.0 Å². The smallest absolute Gasteiger partial charge is 0.243 e. The van der Waals surface area contributed by atoms with Crippen molar-refractivity contribution in [1.29, 1.82) is 0 Å². The predicted octanol–water partition coefficient (Wildman–Crippen LogP) is 3.15. The quantitative estimate of drug-likeness (QED) is 0.366. The first kappa shape index (κ1) is 24.1. The molecular formula is C22H23FN6O5S. The Kier molecular flexibility index (Phi) is 6.69. The van der Waals surface area contributed by atoms with Gasteiger partial charge in [0.15, 0.2) is 11.6 Å². The first-order chi connectivity index (χ1) is 16.7. The Balaban J connectivity index is 1.79. The van der Waals surface area contributed by atoms with Gasteiger partial charge < -0.3 is 13.9 Å². The Bertz CT molecular complexity index is 1410. The molecule has 0 aliphatic rings. The van der Waals surface area contributed by atoms with Crippen LogP contribution in [0.25, 0.3) is 17.3 Å². The van der Waals surface area contributed by atoms with Crippen molar-refractivity contribution in [2.24, 2.45) is 0 Å². The lowest BCUT2D eigenvalue weighted by Gasteiger charge is -2.18. The molecule has 1 atom stereocenters. The van der Waals surface area contributed by atoms with Crippen molar-refractivity contribution in [2.45, 2.75) is 25.5 Å². The lowest BCUT2D eigenvalue weighted by atomic mass is 10.2. The highest BCUT2D eigenvalue weighted by Gasteiger charge is 2.29. The van der Waals surface area contributed by atoms with Crippen molar-refractivity contribution >= 4 is 16.0 Å². The standard InChI is InChI=1S/C22H23FN6O5S/c1-13-8-9-18(34-13)21-26-27-22(29(21)20-16(32-3)6-5-7-17(20)33-4)28-35(30,31)14(2)10-19-24-11-15(23)12-25-19/h5-9,11-12,14H,10H2,1-4H3,(H,27,28). The first-order valence-corrected chi connectivity index (χ1v) is 12.0. The summed E-state index contributed by atoms with van der Waals surface area (Å²) < 4.78 is 60.2. The average molecular weight is 503 g/mol. The van der Waals surface area contributed by atoms with Crippen LogP contribution in [-0.4, -0.2) is 52.6 Å². The number of halogens is 1. The number of anilines is 1. The second-order valence-electron chi connectivity index (χ2n) is 7.58. The maximum Gasteiger partial charge on any atom is 0.243 e. The fourth-order valence-corrected chi connectivity index (χ4v) is 4.32. The number of hydrogen-bond acceptors (Lipinski definition) is 9. The number of nitrogens with one attached hydrogen (secondary N) is 1. The largest absolute Gasteiger partial charge is 0.494 e. The average Bonchev–Trinajstić information content (AvgIpc) is 3.45. The highest BCUT2D eigenvalue weighted by atomic mass is 32.2. The van der Waals surface area contributed by atoms with Crippen LogP contribution in [0.3, 0.4) is 0 Å². The number of furan rings is 1. The van der Waals surface area contributed by atoms with Gasteiger partial charge in [0.05, 0.1) is 31.9 Å². The molecular weight excluding hydrogens is 479 g/mol. The number of aryl methyl sites for hydroxylation is 1. The number of ether oxygens (including phenoxy) is 2. The van der Waals surface area contributed by atoms with Crippen LogP contribution in [0.1, 0.15) is 18.5 Å². The van der Waals surface area contributed by atoms with Gasteiger partial charge in [0.2, 0.25) is 21.8 Å². The molecule has 0 saturated carbocycles. The Morgan fingerprint density at radius 1 is 1.09 bits per heavy atom. The zero-order valence-electron chi connectivity index (χ0n) is 19.4. The number of nitrogens with zero attached hydrogens (tertiary/aromatic N) is 5. The maximum absolute atomic E-state index is 13.2. The van der Waals surface area contributed by atoms with Crippen LogP contribution in [0.4, 0.5) is 10.3 Å². The van der Waals surface area contributed by atoms with Crippen LogP contribution < -0.4 is 14.2 Å². The molecule has 1 aromatic carbocycles. The van der Waals surface area contributed by atoms with E-state index in [9.17, 15) is 12.8 Å². The normalized spacial score (nSPS) is 12.4. The fourth-order valence-electron chi connectivity index (χ4n) is 3.37. The lowest BCUT2D eigenvalue weighted by molar-refractivity contribution is 0.391. The second kappa shape index (κ2) is 9.70. The number of methoxy groups -OCH3 is 2. The number of benzene rings is 1. The molecule has 13 heteroatoms. The molecule has 0 aliphatic heterocycles. The summed E-state index contributed by atoms with van der Waals surface area (Å²) in [5.74, 6) is 1.48. The third-order valence-electron chi connectivity index (χ3n) is 5.16. The molecule has 184 valence electrons. The van der Waals surface area contributed by atoms with E-state index < -0.39 is 21.1 Å². The number of para-hydroxylation sites is 1. The molecule has 0 amide bonds. The molecule has 0 spiro atoms. The van der Waals surface area contributed by atoms with Crippen molar-refractivity contribution < 1.29 is 26.7 Å². The van der Waals surface area contributed by atoms with E-state index in [2.05, 4.69) is 24.9 Å². The summed E-state index contributed by atoms with van der Waals surface area (Å²) in [4.78, 5) is 7.68. The van der Waals surface area contributed by atoms with Crippen LogP contribution in [-0.2, 0) is 16.4 Å². The first-order valence-electron chi connectivity index (χ1n) is 10.4. The summed E-state index contributed by atoms with van der Waals surface area (Å²) in [7, 11) is -1.05. The molecule has 4 rings (SSSR count). The summed E-state index contributed by atoms with van der Waals surface area (Å²) >= 11 is 0. The van der Waals surface area contributed by atoms with E-state index in [1.165, 1.54) is 25.7 Å². The monoisotopic (exact) mass is 502 g/mol. The molecule has 0 saturated heterocycles. The molecule has 3 heterocycles. The highest BCUT2D eigenvalue weighted by molar-refractivity contribution is 7.93. The van der Waals surface area contributed by atoms with E-state index in [0.717, 1.165) is 12.4 Å². The summed E-state index contributed by atoms with van der Waals surface area (Å²) in [5, 5.41) is 7.29. The fraction of sp³-hybridized carbons (Fsp3) is 0.273. The van der Waals surface area contributed by atoms with Crippen molar-refractivity contribution in [3.05, 3.63) is 60.1 Å². The molecule has 0 radical (unpaired) electrons. The van der Waals surface area contributed by atoms with Gasteiger partial charge in [-0.15, -0.1) is 10.2 Å². The molecule has 0 fully saturated rings. The summed E-state index contributed by atoms with van der Waals surface area (Å²) in [6.45, 7) is 3.26. The summed E-state index contributed by atoms with van der Waals surface area (Å²) in [5.41, 5.74) is 0.374. The van der Waals surface area contributed by atoms with Crippen molar-refractivity contribution in [1.82, 2.24) is 24.7 Å². The zero-order valence-corrected chi connectivity index (χ0v) is 20.2. The topological polar surface area (TPSA) is 134 Å². The van der Waals surface area contributed by atoms with Gasteiger partial charge in [0.25, 0.3) is 0 Å². The van der Waals surface area contributed by atoms with Crippen LogP contribution in [0, 0.1) is 12.7 Å². The third-order valence-corrected chi connectivity index (χ3v) is 6.85. The van der Waals surface area contributed by atoms with E-state index in [1.54, 1.807) is 37.3 Å². The summed E-state index contributed by atoms with van der Waals surface area (Å²) in [6, 6.07) is 8.58. The molecule has 1 N–H and O–H groups in total. The van der Waals surface area contributed by atoms with E-state index >= 15 is 0 Å². The van der Waals surface area contributed by atoms with Gasteiger partial charge in [0.1, 0.15) is 28.8 Å². The van der Waals surface area contributed by atoms with E-state index in [4.69, 9.17) is 13.9 Å². The minimum absolute atomic E-state index is 0.0496. The Hall–Kier alpha value is -4.00. The van der Waals surface area contributed by atoms with Crippen LogP contribution >= 0.6 is 0 Å². The molecule has 0 aliphatic carbocycles. The highest BCUT2D eigenvalue weighted by Crippen LogP contribution is 2.38. The van der Waals surface area contributed by atoms with Gasteiger partial charge in [0, 0.05) is 6.42 Å². The van der Waals surface area contributed by atoms with Crippen molar-refractivity contribution in [3.63, 3.8) is 0 Å². The molecule has 1 unspecified atom stereocenters. The summed E-state index contributed by atoms with van der Waals surface area (Å²) in [6.07, 6.45) is 1.92. The van der Waals surface area contributed by atoms with E-state index in [1.807, 2.05) is 0 Å². The van der Waals surface area contributed by atoms with Gasteiger partial charge in [-0.1, -0.05) is 6.07 Å². The molecule has 0 bridgehead atoms. The Morgan fingerprint density at radius 3 is 2.31 bits per heavy atom. The SMILES string of the molecule is COc1cccc(OC)c1-n1c(NS(=O)(=O)C(C)Cc2ncc(F)cn2)nnc1-c1ccc(C)o1. The molecule has 4 aromatic rings. The predicted molar refractivity (Wildman–Crippen MR) is 125 cm³/mol. The lowest BCUT2D eigenvalue weighted by Crippen LogP contribution is -2.29. The van der Waals surface area contributed by atoms with Crippen LogP contribution in [0.5, 0.6) is 11.5 Å². The zero-order chi connectivity index (χ0) is 25.2. The van der Waals surface area contributed by atoms with Crippen molar-refractivity contribution in [3.8, 4) is 28.8 Å². The number of hydrogen-bond donors (Lipinski definition) is 1. The second-order valence-corrected chi connectivity index (χ2v) is 9.68. The minimum atomic E-state index is -4.01. The molecule has 3 aromatic heterocycles. The number of aromatic nitrogens is 5. The van der Waals surface area contributed by atoms with Gasteiger partial charge in [-0.25, -0.2) is 22.8 Å². The molecule has 35 heavy (non-hydrogen) atoms. The van der Waals surface area contributed by atoms with Crippen LogP contribution in [0.2, 0.25) is 0 Å². The number of rotatable bonds is 9. The van der Waals surface area contributed by atoms with Crippen molar-refractivity contribution in [2.75, 3.05) is 18.9 Å². The van der Waals surface area contributed by atoms with Gasteiger partial charge in [-0.05, 0) is 38.1 Å². The minimum Gasteiger partial charge on any atom is -0.494 e. The number of sulfonamides is 1. The Labute approximate surface area is 201 Å². The third kappa shape index (κ3) is 4.94. The van der Waals surface area contributed by atoms with Crippen LogP contribution in [0.15, 0.2) is 47.1 Å². The Morgan fingerprint density at radius 2 is 1.74 bits per heavy atom. The van der Waals surface area contributed by atoms with Gasteiger partial charge >= 0.3 is 0 Å². The molecule has 11 nitrogen and oxygen atoms in total. The van der Waals surface area contributed by atoms with E-state index in [0.29, 0.717) is 28.7 Å².